The van der Waals surface area contributed by atoms with Gasteiger partial charge in [0.2, 0.25) is 5.95 Å². The summed E-state index contributed by atoms with van der Waals surface area (Å²) in [4.78, 5) is 29.2. The number of nitrogens with one attached hydrogen (secondary N) is 3. The van der Waals surface area contributed by atoms with Crippen molar-refractivity contribution in [1.29, 1.82) is 0 Å². The standard InChI is InChI=1S/C36H36N8O/c1-43(2)23-19-27-12-8-14-29(24-27)39-35-37-21-18-31(41-35)34-33(42-32-16-6-7-22-44(32)34)28-13-9-15-30(25-28)40-36(45)38-20-17-26-10-4-3-5-11-26/h3-16,18,21-22,24-25H,17,19-20,23H2,1-2H3,(H,37,39,41)(H2,38,40,45). The Kier molecular flexibility index (Phi) is 9.08. The summed E-state index contributed by atoms with van der Waals surface area (Å²) in [6.45, 7) is 1.51. The summed E-state index contributed by atoms with van der Waals surface area (Å²) >= 11 is 0. The fraction of sp³-hybridized carbons (Fsp3) is 0.167. The van der Waals surface area contributed by atoms with Crippen molar-refractivity contribution in [1.82, 2.24) is 29.6 Å². The monoisotopic (exact) mass is 596 g/mol. The van der Waals surface area contributed by atoms with E-state index in [2.05, 4.69) is 64.2 Å². The van der Waals surface area contributed by atoms with Crippen LogP contribution in [0.4, 0.5) is 22.1 Å². The highest BCUT2D eigenvalue weighted by Crippen LogP contribution is 2.33. The molecule has 9 heteroatoms. The van der Waals surface area contributed by atoms with Crippen molar-refractivity contribution < 1.29 is 4.79 Å². The molecule has 0 saturated heterocycles. The van der Waals surface area contributed by atoms with Crippen molar-refractivity contribution in [2.24, 2.45) is 0 Å². The number of hydrogen-bond donors (Lipinski definition) is 3. The molecule has 9 nitrogen and oxygen atoms in total. The number of imidazole rings is 1. The van der Waals surface area contributed by atoms with Gasteiger partial charge in [0.25, 0.3) is 0 Å². The molecule has 0 radical (unpaired) electrons. The number of benzene rings is 3. The zero-order valence-corrected chi connectivity index (χ0v) is 25.4. The van der Waals surface area contributed by atoms with Crippen LogP contribution in [0.2, 0.25) is 0 Å². The number of fused-ring (bicyclic) bond motifs is 1. The normalized spacial score (nSPS) is 11.1. The lowest BCUT2D eigenvalue weighted by molar-refractivity contribution is 0.252. The third-order valence-electron chi connectivity index (χ3n) is 7.39. The van der Waals surface area contributed by atoms with Crippen molar-refractivity contribution >= 4 is 29.0 Å². The molecule has 6 rings (SSSR count). The molecule has 2 amide bonds. The Morgan fingerprint density at radius 2 is 1.60 bits per heavy atom. The number of amides is 2. The van der Waals surface area contributed by atoms with E-state index in [9.17, 15) is 4.79 Å². The molecular weight excluding hydrogens is 560 g/mol. The van der Waals surface area contributed by atoms with E-state index in [0.29, 0.717) is 18.2 Å². The Labute approximate surface area is 263 Å². The lowest BCUT2D eigenvalue weighted by Gasteiger charge is -2.12. The minimum absolute atomic E-state index is 0.254. The number of hydrogen-bond acceptors (Lipinski definition) is 6. The van der Waals surface area contributed by atoms with Gasteiger partial charge < -0.3 is 20.9 Å². The SMILES string of the molecule is CN(C)CCc1cccc(Nc2nccc(-c3c(-c4cccc(NC(=O)NCCc5ccccc5)c4)nc4ccccn34)n2)c1. The van der Waals surface area contributed by atoms with Gasteiger partial charge in [-0.25, -0.2) is 19.7 Å². The van der Waals surface area contributed by atoms with Crippen LogP contribution in [-0.4, -0.2) is 57.5 Å². The maximum absolute atomic E-state index is 12.7. The van der Waals surface area contributed by atoms with E-state index in [4.69, 9.17) is 9.97 Å². The molecule has 3 heterocycles. The van der Waals surface area contributed by atoms with Crippen LogP contribution < -0.4 is 16.0 Å². The van der Waals surface area contributed by atoms with Gasteiger partial charge in [0.05, 0.1) is 17.1 Å². The van der Waals surface area contributed by atoms with Crippen molar-refractivity contribution in [2.75, 3.05) is 37.8 Å². The number of nitrogens with zero attached hydrogens (tertiary/aromatic N) is 5. The molecule has 226 valence electrons. The minimum Gasteiger partial charge on any atom is -0.338 e. The Hall–Kier alpha value is -5.54. The van der Waals surface area contributed by atoms with E-state index < -0.39 is 0 Å². The lowest BCUT2D eigenvalue weighted by Crippen LogP contribution is -2.30. The van der Waals surface area contributed by atoms with Crippen LogP contribution >= 0.6 is 0 Å². The highest BCUT2D eigenvalue weighted by atomic mass is 16.2. The zero-order valence-electron chi connectivity index (χ0n) is 25.4. The van der Waals surface area contributed by atoms with Gasteiger partial charge in [-0.1, -0.05) is 60.7 Å². The van der Waals surface area contributed by atoms with Gasteiger partial charge in [0.15, 0.2) is 0 Å². The first-order valence-electron chi connectivity index (χ1n) is 15.0. The van der Waals surface area contributed by atoms with E-state index in [-0.39, 0.29) is 6.03 Å². The van der Waals surface area contributed by atoms with Crippen molar-refractivity contribution in [2.45, 2.75) is 12.8 Å². The summed E-state index contributed by atoms with van der Waals surface area (Å²) in [6.07, 6.45) is 5.45. The summed E-state index contributed by atoms with van der Waals surface area (Å²) in [7, 11) is 4.15. The number of rotatable bonds is 11. The molecule has 6 aromatic rings. The van der Waals surface area contributed by atoms with Crippen molar-refractivity contribution in [3.8, 4) is 22.6 Å². The Morgan fingerprint density at radius 1 is 0.800 bits per heavy atom. The third kappa shape index (κ3) is 7.52. The lowest BCUT2D eigenvalue weighted by atomic mass is 10.1. The van der Waals surface area contributed by atoms with Gasteiger partial charge in [-0.2, -0.15) is 0 Å². The predicted octanol–water partition coefficient (Wildman–Crippen LogP) is 6.67. The number of carbonyl (C=O) groups excluding carboxylic acids is 1. The molecular formula is C36H36N8O. The first-order valence-corrected chi connectivity index (χ1v) is 15.0. The maximum Gasteiger partial charge on any atom is 0.319 e. The second-order valence-electron chi connectivity index (χ2n) is 11.1. The van der Waals surface area contributed by atoms with Crippen LogP contribution in [-0.2, 0) is 12.8 Å². The largest absolute Gasteiger partial charge is 0.338 e. The first kappa shape index (κ1) is 29.5. The third-order valence-corrected chi connectivity index (χ3v) is 7.39. The molecule has 0 unspecified atom stereocenters. The van der Waals surface area contributed by atoms with Crippen LogP contribution in [0.25, 0.3) is 28.3 Å². The number of carbonyl (C=O) groups is 1. The fourth-order valence-corrected chi connectivity index (χ4v) is 5.16. The summed E-state index contributed by atoms with van der Waals surface area (Å²) < 4.78 is 2.03. The number of likely N-dealkylation sites (N-methyl/N-ethyl adjacent to an activating group) is 1. The van der Waals surface area contributed by atoms with E-state index in [1.807, 2.05) is 89.5 Å². The molecule has 0 spiro atoms. The summed E-state index contributed by atoms with van der Waals surface area (Å²) in [5.74, 6) is 0.497. The zero-order chi connectivity index (χ0) is 31.0. The van der Waals surface area contributed by atoms with Crippen LogP contribution in [0.5, 0.6) is 0 Å². The molecule has 0 saturated carbocycles. The summed E-state index contributed by atoms with van der Waals surface area (Å²) in [5.41, 5.74) is 7.99. The Balaban J connectivity index is 1.24. The van der Waals surface area contributed by atoms with Gasteiger partial charge in [-0.15, -0.1) is 0 Å². The summed E-state index contributed by atoms with van der Waals surface area (Å²) in [6, 6.07) is 33.7. The van der Waals surface area contributed by atoms with Gasteiger partial charge in [-0.3, -0.25) is 4.40 Å². The molecule has 0 aliphatic rings. The Morgan fingerprint density at radius 3 is 2.47 bits per heavy atom. The molecule has 3 aromatic heterocycles. The van der Waals surface area contributed by atoms with Crippen molar-refractivity contribution in [3.05, 3.63) is 127 Å². The van der Waals surface area contributed by atoms with E-state index >= 15 is 0 Å². The smallest absolute Gasteiger partial charge is 0.319 e. The van der Waals surface area contributed by atoms with E-state index in [1.54, 1.807) is 6.20 Å². The molecule has 0 fully saturated rings. The molecule has 3 N–H and O–H groups in total. The molecule has 3 aromatic carbocycles. The topological polar surface area (TPSA) is 99.5 Å². The number of pyridine rings is 1. The average molecular weight is 597 g/mol. The predicted molar refractivity (Wildman–Crippen MR) is 181 cm³/mol. The van der Waals surface area contributed by atoms with Gasteiger partial charge in [0.1, 0.15) is 5.65 Å². The molecule has 45 heavy (non-hydrogen) atoms. The van der Waals surface area contributed by atoms with Gasteiger partial charge >= 0.3 is 6.03 Å². The second kappa shape index (κ2) is 13.8. The maximum atomic E-state index is 12.7. The molecule has 0 bridgehead atoms. The van der Waals surface area contributed by atoms with Crippen LogP contribution in [0.1, 0.15) is 11.1 Å². The minimum atomic E-state index is -0.254. The number of anilines is 3. The molecule has 0 aliphatic carbocycles. The second-order valence-corrected chi connectivity index (χ2v) is 11.1. The van der Waals surface area contributed by atoms with E-state index in [1.165, 1.54) is 11.1 Å². The van der Waals surface area contributed by atoms with Gasteiger partial charge in [0, 0.05) is 42.4 Å². The van der Waals surface area contributed by atoms with E-state index in [0.717, 1.165) is 53.4 Å². The molecule has 0 atom stereocenters. The van der Waals surface area contributed by atoms with Crippen LogP contribution in [0.3, 0.4) is 0 Å². The van der Waals surface area contributed by atoms with Crippen LogP contribution in [0, 0.1) is 0 Å². The summed E-state index contributed by atoms with van der Waals surface area (Å²) in [5, 5.41) is 9.29. The average Bonchev–Trinajstić information content (AvgIpc) is 3.45. The van der Waals surface area contributed by atoms with Crippen molar-refractivity contribution in [3.63, 3.8) is 0 Å². The van der Waals surface area contributed by atoms with Crippen LogP contribution in [0.15, 0.2) is 116 Å². The number of aromatic nitrogens is 4. The highest BCUT2D eigenvalue weighted by Gasteiger charge is 2.18. The Bertz CT molecular complexity index is 1900. The first-order chi connectivity index (χ1) is 22.0. The fourth-order valence-electron chi connectivity index (χ4n) is 5.16. The van der Waals surface area contributed by atoms with Gasteiger partial charge in [-0.05, 0) is 80.5 Å². The quantitative estimate of drug-likeness (QED) is 0.155. The number of urea groups is 1. The highest BCUT2D eigenvalue weighted by molar-refractivity contribution is 5.91. The molecule has 0 aliphatic heterocycles.